The molecule has 2 rings (SSSR count). The van der Waals surface area contributed by atoms with Crippen LogP contribution in [0.1, 0.15) is 10.4 Å². The van der Waals surface area contributed by atoms with Gasteiger partial charge in [0.25, 0.3) is 0 Å². The highest BCUT2D eigenvalue weighted by molar-refractivity contribution is 7.37. The van der Waals surface area contributed by atoms with Crippen LogP contribution >= 0.6 is 22.7 Å². The summed E-state index contributed by atoms with van der Waals surface area (Å²) in [6, 6.07) is 2.05. The maximum absolute atomic E-state index is 12.9. The van der Waals surface area contributed by atoms with Crippen LogP contribution in [0.15, 0.2) is 6.07 Å². The molecule has 0 fully saturated rings. The first-order valence-corrected chi connectivity index (χ1v) is 4.97. The first-order valence-electron chi connectivity index (χ1n) is 3.33. The Morgan fingerprint density at radius 2 is 2.00 bits per heavy atom. The van der Waals surface area contributed by atoms with Crippen molar-refractivity contribution >= 4 is 32.1 Å². The van der Waals surface area contributed by atoms with E-state index in [0.717, 1.165) is 15.0 Å². The fourth-order valence-corrected chi connectivity index (χ4v) is 3.41. The first kappa shape index (κ1) is 7.25. The van der Waals surface area contributed by atoms with Crippen LogP contribution in [0.5, 0.6) is 0 Å². The Balaban J connectivity index is 2.88. The largest absolute Gasteiger partial charge is 0.195 e. The molecule has 0 atom stereocenters. The number of hydrogen-bond donors (Lipinski definition) is 0. The number of rotatable bonds is 0. The maximum atomic E-state index is 12.9. The molecular weight excluding hydrogens is 179 g/mol. The molecule has 3 heteroatoms. The third kappa shape index (κ3) is 0.993. The number of thiophene rings is 2. The van der Waals surface area contributed by atoms with Crippen molar-refractivity contribution in [3.63, 3.8) is 0 Å². The van der Waals surface area contributed by atoms with E-state index in [4.69, 9.17) is 0 Å². The van der Waals surface area contributed by atoms with Crippen LogP contribution in [0.25, 0.3) is 9.40 Å². The number of aryl methyl sites for hydroxylation is 2. The van der Waals surface area contributed by atoms with Gasteiger partial charge in [0, 0.05) is 15.8 Å². The van der Waals surface area contributed by atoms with Gasteiger partial charge in [-0.15, -0.1) is 11.3 Å². The Bertz CT molecular complexity index is 397. The second-order valence-corrected chi connectivity index (χ2v) is 5.04. The highest BCUT2D eigenvalue weighted by atomic mass is 32.2. The topological polar surface area (TPSA) is 0 Å². The highest BCUT2D eigenvalue weighted by Crippen LogP contribution is 2.35. The van der Waals surface area contributed by atoms with Gasteiger partial charge in [-0.2, -0.15) is 4.39 Å². The molecule has 0 saturated carbocycles. The Labute approximate surface area is 72.3 Å². The number of halogens is 1. The molecule has 0 aliphatic heterocycles. The standard InChI is InChI=1S/C8H7FS2/c1-4-3-6-5(2)7(9)11-8(6)10-4/h3H,1-2H3. The van der Waals surface area contributed by atoms with Crippen LogP contribution < -0.4 is 0 Å². The quantitative estimate of drug-likeness (QED) is 0.588. The van der Waals surface area contributed by atoms with E-state index in [2.05, 4.69) is 13.0 Å². The van der Waals surface area contributed by atoms with Crippen molar-refractivity contribution in [3.05, 3.63) is 21.6 Å². The fraction of sp³-hybridized carbons (Fsp3) is 0.250. The van der Waals surface area contributed by atoms with Gasteiger partial charge in [-0.1, -0.05) is 11.3 Å². The van der Waals surface area contributed by atoms with Crippen molar-refractivity contribution in [2.75, 3.05) is 0 Å². The molecule has 11 heavy (non-hydrogen) atoms. The SMILES string of the molecule is Cc1cc2c(C)c(F)sc2s1. The fourth-order valence-electron chi connectivity index (χ4n) is 1.09. The van der Waals surface area contributed by atoms with Crippen molar-refractivity contribution in [2.45, 2.75) is 13.8 Å². The molecule has 58 valence electrons. The summed E-state index contributed by atoms with van der Waals surface area (Å²) in [5.74, 6) is 0. The zero-order valence-corrected chi connectivity index (χ0v) is 7.90. The summed E-state index contributed by atoms with van der Waals surface area (Å²) in [5.41, 5.74) is 0.800. The number of hydrogen-bond acceptors (Lipinski definition) is 2. The molecule has 0 bridgehead atoms. The summed E-state index contributed by atoms with van der Waals surface area (Å²) >= 11 is 2.92. The van der Waals surface area contributed by atoms with Gasteiger partial charge in [-0.3, -0.25) is 0 Å². The van der Waals surface area contributed by atoms with Crippen LogP contribution in [0.4, 0.5) is 4.39 Å². The monoisotopic (exact) mass is 186 g/mol. The molecule has 0 nitrogen and oxygen atoms in total. The van der Waals surface area contributed by atoms with Gasteiger partial charge < -0.3 is 0 Å². The second-order valence-electron chi connectivity index (χ2n) is 2.56. The molecule has 0 amide bonds. The molecule has 0 saturated heterocycles. The average molecular weight is 186 g/mol. The molecule has 2 aromatic rings. The molecule has 2 aromatic heterocycles. The van der Waals surface area contributed by atoms with Crippen LogP contribution in [-0.2, 0) is 0 Å². The maximum Gasteiger partial charge on any atom is 0.181 e. The van der Waals surface area contributed by atoms with Crippen molar-refractivity contribution in [2.24, 2.45) is 0 Å². The van der Waals surface area contributed by atoms with Crippen molar-refractivity contribution in [1.82, 2.24) is 0 Å². The van der Waals surface area contributed by atoms with E-state index in [1.54, 1.807) is 11.3 Å². The van der Waals surface area contributed by atoms with Gasteiger partial charge >= 0.3 is 0 Å². The third-order valence-electron chi connectivity index (χ3n) is 1.70. The lowest BCUT2D eigenvalue weighted by Crippen LogP contribution is -1.67. The summed E-state index contributed by atoms with van der Waals surface area (Å²) in [5, 5.41) is 1.06. The minimum atomic E-state index is -0.0359. The predicted molar refractivity (Wildman–Crippen MR) is 49.1 cm³/mol. The first-order chi connectivity index (χ1) is 5.18. The van der Waals surface area contributed by atoms with E-state index in [9.17, 15) is 4.39 Å². The van der Waals surface area contributed by atoms with Gasteiger partial charge in [0.15, 0.2) is 5.13 Å². The van der Waals surface area contributed by atoms with Gasteiger partial charge in [-0.05, 0) is 19.9 Å². The van der Waals surface area contributed by atoms with E-state index >= 15 is 0 Å². The zero-order chi connectivity index (χ0) is 8.01. The van der Waals surface area contributed by atoms with Crippen LogP contribution in [0.2, 0.25) is 0 Å². The molecule has 0 N–H and O–H groups in total. The van der Waals surface area contributed by atoms with Gasteiger partial charge in [0.05, 0.1) is 4.01 Å². The van der Waals surface area contributed by atoms with E-state index in [1.807, 2.05) is 6.92 Å². The van der Waals surface area contributed by atoms with Crippen LogP contribution in [-0.4, -0.2) is 0 Å². The molecule has 2 heterocycles. The minimum Gasteiger partial charge on any atom is -0.195 e. The lowest BCUT2D eigenvalue weighted by atomic mass is 10.2. The van der Waals surface area contributed by atoms with Crippen LogP contribution in [0.3, 0.4) is 0 Å². The van der Waals surface area contributed by atoms with Gasteiger partial charge in [0.2, 0.25) is 0 Å². The molecular formula is C8H7FS2. The number of fused-ring (bicyclic) bond motifs is 1. The minimum absolute atomic E-state index is 0.0359. The van der Waals surface area contributed by atoms with E-state index < -0.39 is 0 Å². The summed E-state index contributed by atoms with van der Waals surface area (Å²) in [6.45, 7) is 3.88. The van der Waals surface area contributed by atoms with Crippen molar-refractivity contribution in [1.29, 1.82) is 0 Å². The normalized spacial score (nSPS) is 11.2. The van der Waals surface area contributed by atoms with Gasteiger partial charge in [-0.25, -0.2) is 0 Å². The van der Waals surface area contributed by atoms with Crippen LogP contribution in [0, 0.1) is 19.0 Å². The molecule has 0 spiro atoms. The summed E-state index contributed by atoms with van der Waals surface area (Å²) in [6.07, 6.45) is 0. The lowest BCUT2D eigenvalue weighted by Gasteiger charge is -1.81. The smallest absolute Gasteiger partial charge is 0.181 e. The van der Waals surface area contributed by atoms with Gasteiger partial charge in [0.1, 0.15) is 0 Å². The summed E-state index contributed by atoms with van der Waals surface area (Å²) in [4.78, 5) is 1.26. The average Bonchev–Trinajstić information content (AvgIpc) is 2.37. The van der Waals surface area contributed by atoms with Crippen molar-refractivity contribution < 1.29 is 4.39 Å². The molecule has 0 radical (unpaired) electrons. The second kappa shape index (κ2) is 2.29. The van der Waals surface area contributed by atoms with Crippen molar-refractivity contribution in [3.8, 4) is 0 Å². The zero-order valence-electron chi connectivity index (χ0n) is 6.27. The van der Waals surface area contributed by atoms with E-state index in [-0.39, 0.29) is 5.13 Å². The Morgan fingerprint density at radius 3 is 2.64 bits per heavy atom. The lowest BCUT2D eigenvalue weighted by molar-refractivity contribution is 0.650. The van der Waals surface area contributed by atoms with E-state index in [0.29, 0.717) is 0 Å². The summed E-state index contributed by atoms with van der Waals surface area (Å²) < 4.78 is 14.0. The predicted octanol–water partition coefficient (Wildman–Crippen LogP) is 3.72. The summed E-state index contributed by atoms with van der Waals surface area (Å²) in [7, 11) is 0. The molecule has 0 unspecified atom stereocenters. The van der Waals surface area contributed by atoms with E-state index in [1.165, 1.54) is 16.2 Å². The molecule has 0 aromatic carbocycles. The molecule has 0 aliphatic rings. The Kier molecular flexibility index (Phi) is 1.51. The Morgan fingerprint density at radius 1 is 1.27 bits per heavy atom. The molecule has 0 aliphatic carbocycles. The highest BCUT2D eigenvalue weighted by Gasteiger charge is 2.09. The Hall–Kier alpha value is -0.410. The third-order valence-corrected chi connectivity index (χ3v) is 3.94.